The van der Waals surface area contributed by atoms with E-state index in [9.17, 15) is 4.79 Å². The Morgan fingerprint density at radius 3 is 3.14 bits per heavy atom. The number of aromatic amines is 1. The Labute approximate surface area is 89.7 Å². The maximum absolute atomic E-state index is 11.1. The van der Waals surface area contributed by atoms with E-state index >= 15 is 0 Å². The summed E-state index contributed by atoms with van der Waals surface area (Å²) >= 11 is 3.14. The molecule has 0 saturated heterocycles. The van der Waals surface area contributed by atoms with E-state index < -0.39 is 0 Å². The molecular formula is C8H12BrN3O2. The Bertz CT molecular complexity index is 351. The van der Waals surface area contributed by atoms with E-state index in [-0.39, 0.29) is 11.7 Å². The van der Waals surface area contributed by atoms with Crippen LogP contribution in [0.3, 0.4) is 0 Å². The third-order valence-electron chi connectivity index (χ3n) is 1.67. The lowest BCUT2D eigenvalue weighted by Crippen LogP contribution is -2.15. The quantitative estimate of drug-likeness (QED) is 0.747. The van der Waals surface area contributed by atoms with Crippen LogP contribution in [0.25, 0.3) is 0 Å². The van der Waals surface area contributed by atoms with Crippen LogP contribution in [-0.4, -0.2) is 28.0 Å². The van der Waals surface area contributed by atoms with Crippen LogP contribution in [0.15, 0.2) is 15.5 Å². The van der Waals surface area contributed by atoms with Crippen LogP contribution >= 0.6 is 15.9 Å². The van der Waals surface area contributed by atoms with Gasteiger partial charge in [-0.1, -0.05) is 0 Å². The van der Waals surface area contributed by atoms with Gasteiger partial charge in [0.15, 0.2) is 0 Å². The molecule has 0 aromatic carbocycles. The van der Waals surface area contributed by atoms with Gasteiger partial charge in [0, 0.05) is 6.54 Å². The molecule has 0 radical (unpaired) electrons. The highest BCUT2D eigenvalue weighted by molar-refractivity contribution is 9.10. The lowest BCUT2D eigenvalue weighted by Gasteiger charge is -2.07. The molecule has 0 saturated carbocycles. The predicted molar refractivity (Wildman–Crippen MR) is 57.3 cm³/mol. The SMILES string of the molecule is CC(O)CCNc1cn[nH]c(=O)c1Br. The zero-order valence-electron chi connectivity index (χ0n) is 7.75. The van der Waals surface area contributed by atoms with Crippen molar-refractivity contribution in [3.63, 3.8) is 0 Å². The first kappa shape index (κ1) is 11.2. The van der Waals surface area contributed by atoms with Gasteiger partial charge in [-0.15, -0.1) is 0 Å². The normalized spacial score (nSPS) is 12.5. The Hall–Kier alpha value is -0.880. The predicted octanol–water partition coefficient (Wildman–Crippen LogP) is 0.715. The number of nitrogens with one attached hydrogen (secondary N) is 2. The van der Waals surface area contributed by atoms with Crippen LogP contribution in [0.4, 0.5) is 5.69 Å². The van der Waals surface area contributed by atoms with Crippen LogP contribution in [0.5, 0.6) is 0 Å². The van der Waals surface area contributed by atoms with E-state index in [4.69, 9.17) is 5.11 Å². The fourth-order valence-corrected chi connectivity index (χ4v) is 1.25. The highest BCUT2D eigenvalue weighted by Crippen LogP contribution is 2.14. The number of hydrogen-bond donors (Lipinski definition) is 3. The Balaban J connectivity index is 2.59. The second kappa shape index (κ2) is 5.11. The molecule has 1 unspecified atom stereocenters. The summed E-state index contributed by atoms with van der Waals surface area (Å²) in [7, 11) is 0. The molecule has 0 aliphatic rings. The van der Waals surface area contributed by atoms with Gasteiger partial charge >= 0.3 is 0 Å². The van der Waals surface area contributed by atoms with Crippen molar-refractivity contribution in [1.82, 2.24) is 10.2 Å². The van der Waals surface area contributed by atoms with E-state index in [1.54, 1.807) is 6.92 Å². The average molecular weight is 262 g/mol. The average Bonchev–Trinajstić information content (AvgIpc) is 2.12. The molecule has 78 valence electrons. The molecule has 6 heteroatoms. The van der Waals surface area contributed by atoms with Crippen molar-refractivity contribution in [3.8, 4) is 0 Å². The first-order valence-electron chi connectivity index (χ1n) is 4.26. The number of aliphatic hydroxyl groups excluding tert-OH is 1. The molecule has 0 fully saturated rings. The van der Waals surface area contributed by atoms with Gasteiger partial charge in [-0.25, -0.2) is 5.10 Å². The number of rotatable bonds is 4. The molecule has 0 bridgehead atoms. The molecule has 1 heterocycles. The lowest BCUT2D eigenvalue weighted by molar-refractivity contribution is 0.188. The smallest absolute Gasteiger partial charge is 0.280 e. The summed E-state index contributed by atoms with van der Waals surface area (Å²) in [6.07, 6.45) is 1.79. The third-order valence-corrected chi connectivity index (χ3v) is 2.46. The van der Waals surface area contributed by atoms with E-state index in [1.807, 2.05) is 0 Å². The molecule has 0 aliphatic heterocycles. The van der Waals surface area contributed by atoms with Gasteiger partial charge in [0.05, 0.1) is 18.0 Å². The van der Waals surface area contributed by atoms with Gasteiger partial charge in [0.2, 0.25) is 0 Å². The number of halogens is 1. The van der Waals surface area contributed by atoms with Crippen molar-refractivity contribution in [1.29, 1.82) is 0 Å². The molecule has 3 N–H and O–H groups in total. The van der Waals surface area contributed by atoms with Gasteiger partial charge in [-0.2, -0.15) is 5.10 Å². The number of aliphatic hydroxyl groups is 1. The van der Waals surface area contributed by atoms with Gasteiger partial charge in [0.1, 0.15) is 4.47 Å². The minimum atomic E-state index is -0.351. The van der Waals surface area contributed by atoms with Gasteiger partial charge in [-0.3, -0.25) is 4.79 Å². The highest BCUT2D eigenvalue weighted by atomic mass is 79.9. The number of hydrogen-bond acceptors (Lipinski definition) is 4. The zero-order valence-corrected chi connectivity index (χ0v) is 9.34. The van der Waals surface area contributed by atoms with E-state index in [1.165, 1.54) is 6.20 Å². The molecule has 14 heavy (non-hydrogen) atoms. The number of nitrogens with zero attached hydrogens (tertiary/aromatic N) is 1. The largest absolute Gasteiger partial charge is 0.393 e. The van der Waals surface area contributed by atoms with Crippen LogP contribution in [0.2, 0.25) is 0 Å². The molecule has 1 aromatic heterocycles. The summed E-state index contributed by atoms with van der Waals surface area (Å²) in [5, 5.41) is 18.0. The summed E-state index contributed by atoms with van der Waals surface area (Å²) in [5.74, 6) is 0. The summed E-state index contributed by atoms with van der Waals surface area (Å²) in [6.45, 7) is 2.31. The highest BCUT2D eigenvalue weighted by Gasteiger charge is 2.03. The van der Waals surface area contributed by atoms with Gasteiger partial charge in [-0.05, 0) is 29.3 Å². The van der Waals surface area contributed by atoms with E-state index in [0.717, 1.165) is 0 Å². The molecule has 1 aromatic rings. The minimum absolute atomic E-state index is 0.271. The Kier molecular flexibility index (Phi) is 4.09. The summed E-state index contributed by atoms with van der Waals surface area (Å²) in [4.78, 5) is 11.1. The molecule has 5 nitrogen and oxygen atoms in total. The molecule has 0 spiro atoms. The van der Waals surface area contributed by atoms with Crippen molar-refractivity contribution in [3.05, 3.63) is 21.0 Å². The van der Waals surface area contributed by atoms with Gasteiger partial charge < -0.3 is 10.4 Å². The maximum atomic E-state index is 11.1. The summed E-state index contributed by atoms with van der Waals surface area (Å²) in [6, 6.07) is 0. The number of aromatic nitrogens is 2. The van der Waals surface area contributed by atoms with Crippen molar-refractivity contribution < 1.29 is 5.11 Å². The third kappa shape index (κ3) is 3.12. The van der Waals surface area contributed by atoms with Gasteiger partial charge in [0.25, 0.3) is 5.56 Å². The maximum Gasteiger partial charge on any atom is 0.280 e. The Morgan fingerprint density at radius 1 is 1.79 bits per heavy atom. The summed E-state index contributed by atoms with van der Waals surface area (Å²) in [5.41, 5.74) is 0.362. The van der Waals surface area contributed by atoms with Crippen molar-refractivity contribution in [2.24, 2.45) is 0 Å². The minimum Gasteiger partial charge on any atom is -0.393 e. The van der Waals surface area contributed by atoms with Crippen molar-refractivity contribution >= 4 is 21.6 Å². The second-order valence-electron chi connectivity index (χ2n) is 2.99. The Morgan fingerprint density at radius 2 is 2.50 bits per heavy atom. The number of anilines is 1. The van der Waals surface area contributed by atoms with Crippen molar-refractivity contribution in [2.45, 2.75) is 19.4 Å². The molecule has 0 amide bonds. The standard InChI is InChI=1S/C8H12BrN3O2/c1-5(13)2-3-10-6-4-11-12-8(14)7(6)9/h4-5,13H,2-3H2,1H3,(H2,10,12,14). The molecule has 1 rings (SSSR count). The van der Waals surface area contributed by atoms with Crippen LogP contribution in [0, 0.1) is 0 Å². The number of H-pyrrole nitrogens is 1. The van der Waals surface area contributed by atoms with Crippen molar-refractivity contribution in [2.75, 3.05) is 11.9 Å². The fourth-order valence-electron chi connectivity index (χ4n) is 0.922. The lowest BCUT2D eigenvalue weighted by atomic mass is 10.3. The first-order chi connectivity index (χ1) is 6.61. The van der Waals surface area contributed by atoms with E-state index in [0.29, 0.717) is 23.1 Å². The first-order valence-corrected chi connectivity index (χ1v) is 5.05. The zero-order chi connectivity index (χ0) is 10.6. The monoisotopic (exact) mass is 261 g/mol. The fraction of sp³-hybridized carbons (Fsp3) is 0.500. The van der Waals surface area contributed by atoms with Crippen LogP contribution in [0.1, 0.15) is 13.3 Å². The molecular weight excluding hydrogens is 250 g/mol. The molecule has 1 atom stereocenters. The summed E-state index contributed by atoms with van der Waals surface area (Å²) < 4.78 is 0.429. The second-order valence-corrected chi connectivity index (χ2v) is 3.78. The van der Waals surface area contributed by atoms with Crippen LogP contribution < -0.4 is 10.9 Å². The van der Waals surface area contributed by atoms with E-state index in [2.05, 4.69) is 31.4 Å². The molecule has 0 aliphatic carbocycles. The topological polar surface area (TPSA) is 78.0 Å². The van der Waals surface area contributed by atoms with Crippen LogP contribution in [-0.2, 0) is 0 Å².